The monoisotopic (exact) mass is 225 g/mol. The van der Waals surface area contributed by atoms with Gasteiger partial charge in [-0.3, -0.25) is 0 Å². The van der Waals surface area contributed by atoms with E-state index in [1.165, 1.54) is 5.56 Å². The third kappa shape index (κ3) is 3.20. The number of rotatable bonds is 3. The van der Waals surface area contributed by atoms with Gasteiger partial charge in [-0.2, -0.15) is 0 Å². The number of benzene rings is 1. The van der Waals surface area contributed by atoms with Crippen LogP contribution in [-0.2, 0) is 6.42 Å². The number of hydrogen-bond donors (Lipinski definition) is 1. The van der Waals surface area contributed by atoms with E-state index >= 15 is 0 Å². The lowest BCUT2D eigenvalue weighted by Crippen LogP contribution is -1.92. The molecule has 0 aliphatic carbocycles. The zero-order valence-electron chi connectivity index (χ0n) is 6.83. The molecule has 0 fully saturated rings. The summed E-state index contributed by atoms with van der Waals surface area (Å²) < 4.78 is 1.12. The quantitative estimate of drug-likeness (QED) is 0.787. The van der Waals surface area contributed by atoms with Crippen molar-refractivity contribution in [1.29, 1.82) is 0 Å². The van der Waals surface area contributed by atoms with Gasteiger partial charge in [0.25, 0.3) is 0 Å². The van der Waals surface area contributed by atoms with Crippen LogP contribution in [0.3, 0.4) is 0 Å². The Hall–Kier alpha value is -0.600. The van der Waals surface area contributed by atoms with Crippen molar-refractivity contribution in [3.8, 4) is 0 Å². The molecule has 1 rings (SSSR count). The summed E-state index contributed by atoms with van der Waals surface area (Å²) in [5.74, 6) is 0. The van der Waals surface area contributed by atoms with Crippen molar-refractivity contribution in [2.75, 3.05) is 6.54 Å². The van der Waals surface area contributed by atoms with Gasteiger partial charge in [0.2, 0.25) is 0 Å². The van der Waals surface area contributed by atoms with E-state index in [1.54, 1.807) is 0 Å². The van der Waals surface area contributed by atoms with Crippen molar-refractivity contribution >= 4 is 15.9 Å². The Bertz CT molecular complexity index is 251. The first kappa shape index (κ1) is 9.49. The predicted molar refractivity (Wildman–Crippen MR) is 56.0 cm³/mol. The molecule has 64 valence electrons. The zero-order chi connectivity index (χ0) is 8.81. The van der Waals surface area contributed by atoms with Crippen LogP contribution in [0, 0.1) is 0 Å². The Labute approximate surface area is 81.4 Å². The lowest BCUT2D eigenvalue weighted by atomic mass is 10.1. The van der Waals surface area contributed by atoms with Crippen molar-refractivity contribution in [2.24, 2.45) is 5.73 Å². The van der Waals surface area contributed by atoms with Crippen LogP contribution in [0.15, 0.2) is 40.9 Å². The summed E-state index contributed by atoms with van der Waals surface area (Å²) in [5, 5.41) is 0. The average molecular weight is 226 g/mol. The molecule has 0 unspecified atom stereocenters. The third-order valence-corrected chi connectivity index (χ3v) is 2.10. The molecule has 1 aromatic rings. The van der Waals surface area contributed by atoms with Crippen molar-refractivity contribution in [3.05, 3.63) is 46.5 Å². The van der Waals surface area contributed by atoms with Crippen LogP contribution in [0.5, 0.6) is 0 Å². The SMILES string of the molecule is NC/C=C/Cc1ccc(Br)cc1. The van der Waals surface area contributed by atoms with E-state index in [9.17, 15) is 0 Å². The molecule has 0 saturated heterocycles. The summed E-state index contributed by atoms with van der Waals surface area (Å²) in [6.45, 7) is 0.622. The lowest BCUT2D eigenvalue weighted by molar-refractivity contribution is 1.20. The minimum atomic E-state index is 0.622. The molecule has 0 saturated carbocycles. The van der Waals surface area contributed by atoms with Gasteiger partial charge in [0, 0.05) is 11.0 Å². The smallest absolute Gasteiger partial charge is 0.0175 e. The van der Waals surface area contributed by atoms with Gasteiger partial charge in [-0.1, -0.05) is 40.2 Å². The lowest BCUT2D eigenvalue weighted by Gasteiger charge is -1.95. The van der Waals surface area contributed by atoms with E-state index in [2.05, 4.69) is 34.1 Å². The fraction of sp³-hybridized carbons (Fsp3) is 0.200. The fourth-order valence-corrected chi connectivity index (χ4v) is 1.20. The van der Waals surface area contributed by atoms with Gasteiger partial charge >= 0.3 is 0 Å². The maximum atomic E-state index is 5.32. The second-order valence-corrected chi connectivity index (χ2v) is 3.45. The highest BCUT2D eigenvalue weighted by molar-refractivity contribution is 9.10. The summed E-state index contributed by atoms with van der Waals surface area (Å²) in [5.41, 5.74) is 6.63. The molecule has 0 atom stereocenters. The zero-order valence-corrected chi connectivity index (χ0v) is 8.42. The van der Waals surface area contributed by atoms with Crippen LogP contribution < -0.4 is 5.73 Å². The molecular formula is C10H12BrN. The highest BCUT2D eigenvalue weighted by atomic mass is 79.9. The van der Waals surface area contributed by atoms with Gasteiger partial charge < -0.3 is 5.73 Å². The highest BCUT2D eigenvalue weighted by Crippen LogP contribution is 2.10. The molecule has 0 aromatic heterocycles. The molecule has 0 aliphatic rings. The second kappa shape index (κ2) is 5.12. The van der Waals surface area contributed by atoms with Crippen LogP contribution >= 0.6 is 15.9 Å². The van der Waals surface area contributed by atoms with Gasteiger partial charge in [0.15, 0.2) is 0 Å². The molecule has 1 nitrogen and oxygen atoms in total. The standard InChI is InChI=1S/C10H12BrN/c11-10-6-4-9(5-7-10)3-1-2-8-12/h1-2,4-7H,3,8,12H2/b2-1+. The Morgan fingerprint density at radius 1 is 1.17 bits per heavy atom. The summed E-state index contributed by atoms with van der Waals surface area (Å²) in [4.78, 5) is 0. The first-order valence-corrected chi connectivity index (χ1v) is 4.71. The van der Waals surface area contributed by atoms with E-state index in [0.29, 0.717) is 6.54 Å². The molecular weight excluding hydrogens is 214 g/mol. The number of hydrogen-bond acceptors (Lipinski definition) is 1. The van der Waals surface area contributed by atoms with Crippen LogP contribution in [0.25, 0.3) is 0 Å². The van der Waals surface area contributed by atoms with Gasteiger partial charge in [-0.15, -0.1) is 0 Å². The van der Waals surface area contributed by atoms with E-state index in [-0.39, 0.29) is 0 Å². The minimum Gasteiger partial charge on any atom is -0.327 e. The van der Waals surface area contributed by atoms with Crippen molar-refractivity contribution < 1.29 is 0 Å². The average Bonchev–Trinajstić information content (AvgIpc) is 2.09. The topological polar surface area (TPSA) is 26.0 Å². The highest BCUT2D eigenvalue weighted by Gasteiger charge is 1.88. The Kier molecular flexibility index (Phi) is 4.05. The molecule has 0 radical (unpaired) electrons. The van der Waals surface area contributed by atoms with Gasteiger partial charge in [0.05, 0.1) is 0 Å². The maximum absolute atomic E-state index is 5.32. The van der Waals surface area contributed by atoms with Crippen molar-refractivity contribution in [3.63, 3.8) is 0 Å². The van der Waals surface area contributed by atoms with Crippen molar-refractivity contribution in [2.45, 2.75) is 6.42 Å². The molecule has 0 aliphatic heterocycles. The molecule has 1 aromatic carbocycles. The molecule has 0 spiro atoms. The van der Waals surface area contributed by atoms with E-state index < -0.39 is 0 Å². The molecule has 0 bridgehead atoms. The molecule has 0 amide bonds. The van der Waals surface area contributed by atoms with Gasteiger partial charge in [-0.05, 0) is 24.1 Å². The molecule has 2 heteroatoms. The van der Waals surface area contributed by atoms with E-state index in [1.807, 2.05) is 18.2 Å². The Morgan fingerprint density at radius 2 is 1.83 bits per heavy atom. The summed E-state index contributed by atoms with van der Waals surface area (Å²) in [7, 11) is 0. The normalized spacial score (nSPS) is 10.8. The maximum Gasteiger partial charge on any atom is 0.0175 e. The minimum absolute atomic E-state index is 0.622. The second-order valence-electron chi connectivity index (χ2n) is 2.54. The van der Waals surface area contributed by atoms with E-state index in [4.69, 9.17) is 5.73 Å². The summed E-state index contributed by atoms with van der Waals surface area (Å²) in [6.07, 6.45) is 5.02. The number of allylic oxidation sites excluding steroid dienone is 1. The van der Waals surface area contributed by atoms with Crippen LogP contribution in [0.1, 0.15) is 5.56 Å². The third-order valence-electron chi connectivity index (χ3n) is 1.57. The number of halogens is 1. The fourth-order valence-electron chi connectivity index (χ4n) is 0.936. The molecule has 12 heavy (non-hydrogen) atoms. The van der Waals surface area contributed by atoms with Crippen LogP contribution in [-0.4, -0.2) is 6.54 Å². The van der Waals surface area contributed by atoms with E-state index in [0.717, 1.165) is 10.9 Å². The first-order chi connectivity index (χ1) is 5.83. The Balaban J connectivity index is 2.53. The summed E-state index contributed by atoms with van der Waals surface area (Å²) in [6, 6.07) is 8.30. The number of nitrogens with two attached hydrogens (primary N) is 1. The first-order valence-electron chi connectivity index (χ1n) is 3.92. The predicted octanol–water partition coefficient (Wildman–Crippen LogP) is 2.51. The van der Waals surface area contributed by atoms with Gasteiger partial charge in [0.1, 0.15) is 0 Å². The van der Waals surface area contributed by atoms with Crippen molar-refractivity contribution in [1.82, 2.24) is 0 Å². The van der Waals surface area contributed by atoms with Crippen LogP contribution in [0.4, 0.5) is 0 Å². The van der Waals surface area contributed by atoms with Gasteiger partial charge in [-0.25, -0.2) is 0 Å². The molecule has 0 heterocycles. The van der Waals surface area contributed by atoms with Crippen LogP contribution in [0.2, 0.25) is 0 Å². The Morgan fingerprint density at radius 3 is 2.42 bits per heavy atom. The summed E-state index contributed by atoms with van der Waals surface area (Å²) >= 11 is 3.39. The largest absolute Gasteiger partial charge is 0.327 e. The molecule has 2 N–H and O–H groups in total.